The van der Waals surface area contributed by atoms with E-state index in [1.807, 2.05) is 6.92 Å². The van der Waals surface area contributed by atoms with Crippen LogP contribution in [-0.4, -0.2) is 74.5 Å². The third-order valence-electron chi connectivity index (χ3n) is 3.87. The molecule has 5 atom stereocenters. The van der Waals surface area contributed by atoms with Gasteiger partial charge in [-0.2, -0.15) is 0 Å². The number of ether oxygens (including phenoxy) is 5. The van der Waals surface area contributed by atoms with E-state index in [0.29, 0.717) is 25.7 Å². The van der Waals surface area contributed by atoms with Crippen LogP contribution in [-0.2, 0) is 28.5 Å². The highest BCUT2D eigenvalue weighted by Gasteiger charge is 2.32. The number of aliphatic carboxylic acids is 1. The average Bonchev–Trinajstić information content (AvgIpc) is 2.49. The predicted molar refractivity (Wildman–Crippen MR) is 84.6 cm³/mol. The monoisotopic (exact) mass is 350 g/mol. The van der Waals surface area contributed by atoms with E-state index < -0.39 is 18.2 Å². The van der Waals surface area contributed by atoms with Crippen molar-refractivity contribution in [3.8, 4) is 0 Å². The summed E-state index contributed by atoms with van der Waals surface area (Å²) in [5.41, 5.74) is 0. The van der Waals surface area contributed by atoms with Crippen LogP contribution in [0.2, 0.25) is 0 Å². The molecule has 0 aromatic rings. The van der Waals surface area contributed by atoms with Crippen LogP contribution in [0, 0.1) is 0 Å². The Morgan fingerprint density at radius 1 is 1.17 bits per heavy atom. The van der Waals surface area contributed by atoms with Gasteiger partial charge in [0.15, 0.2) is 0 Å². The normalized spacial score (nSPS) is 26.9. The lowest BCUT2D eigenvalue weighted by molar-refractivity contribution is -0.155. The van der Waals surface area contributed by atoms with Gasteiger partial charge >= 0.3 is 5.97 Å². The smallest absolute Gasteiger partial charge is 0.305 e. The van der Waals surface area contributed by atoms with E-state index in [4.69, 9.17) is 28.8 Å². The lowest BCUT2D eigenvalue weighted by Gasteiger charge is -2.34. The molecule has 24 heavy (non-hydrogen) atoms. The summed E-state index contributed by atoms with van der Waals surface area (Å²) in [5, 5.41) is 18.9. The second kappa shape index (κ2) is 11.7. The zero-order chi connectivity index (χ0) is 17.9. The molecule has 0 aromatic carbocycles. The molecular weight excluding hydrogens is 320 g/mol. The van der Waals surface area contributed by atoms with Gasteiger partial charge in [-0.15, -0.1) is 0 Å². The van der Waals surface area contributed by atoms with Gasteiger partial charge in [0.05, 0.1) is 36.9 Å². The molecule has 0 amide bonds. The fraction of sp³-hybridized carbons (Fsp3) is 0.938. The van der Waals surface area contributed by atoms with Crippen molar-refractivity contribution < 1.29 is 38.7 Å². The topological polar surface area (TPSA) is 104 Å². The van der Waals surface area contributed by atoms with Crippen molar-refractivity contribution in [2.24, 2.45) is 0 Å². The van der Waals surface area contributed by atoms with Crippen LogP contribution in [0.1, 0.15) is 39.0 Å². The molecule has 0 spiro atoms. The molecule has 1 aliphatic heterocycles. The number of aliphatic hydroxyl groups is 1. The standard InChI is InChI=1S/C16H30O8/c1-11(22-9-20-2)4-13(23-10-21-3)7-14-5-12(17)6-15(24-14)8-16(18)19/h11-15,17H,4-10H2,1-3H3,(H,18,19)/t11-,12-,13-,14+,15+/m0/s1. The summed E-state index contributed by atoms with van der Waals surface area (Å²) in [6.45, 7) is 2.28. The van der Waals surface area contributed by atoms with Gasteiger partial charge in [0.25, 0.3) is 0 Å². The molecular formula is C16H30O8. The minimum absolute atomic E-state index is 0.0739. The first-order valence-electron chi connectivity index (χ1n) is 8.21. The predicted octanol–water partition coefficient (Wildman–Crippen LogP) is 1.15. The van der Waals surface area contributed by atoms with E-state index in [1.165, 1.54) is 0 Å². The highest BCUT2D eigenvalue weighted by Crippen LogP contribution is 2.26. The molecule has 8 nitrogen and oxygen atoms in total. The number of carbonyl (C=O) groups is 1. The molecule has 1 aliphatic rings. The van der Waals surface area contributed by atoms with E-state index in [0.717, 1.165) is 0 Å². The second-order valence-corrected chi connectivity index (χ2v) is 6.15. The highest BCUT2D eigenvalue weighted by molar-refractivity contribution is 5.67. The number of methoxy groups -OCH3 is 2. The molecule has 0 aliphatic carbocycles. The molecule has 0 saturated carbocycles. The van der Waals surface area contributed by atoms with Gasteiger partial charge in [-0.1, -0.05) is 0 Å². The molecule has 1 saturated heterocycles. The molecule has 1 fully saturated rings. The summed E-state index contributed by atoms with van der Waals surface area (Å²) in [6.07, 6.45) is 0.325. The SMILES string of the molecule is COCO[C@H](C[C@H]1C[C@H](O)C[C@H](CC(=O)O)O1)C[C@H](C)OCOC. The molecule has 0 unspecified atom stereocenters. The number of carboxylic acids is 1. The number of hydrogen-bond donors (Lipinski definition) is 2. The van der Waals surface area contributed by atoms with Crippen LogP contribution in [0.5, 0.6) is 0 Å². The summed E-state index contributed by atoms with van der Waals surface area (Å²) in [4.78, 5) is 10.9. The summed E-state index contributed by atoms with van der Waals surface area (Å²) in [5.74, 6) is -0.929. The maximum absolute atomic E-state index is 10.9. The van der Waals surface area contributed by atoms with Crippen LogP contribution < -0.4 is 0 Å². The van der Waals surface area contributed by atoms with Crippen LogP contribution in [0.25, 0.3) is 0 Å². The molecule has 0 radical (unpaired) electrons. The maximum Gasteiger partial charge on any atom is 0.305 e. The first kappa shape index (κ1) is 21.3. The fourth-order valence-electron chi connectivity index (χ4n) is 2.88. The van der Waals surface area contributed by atoms with Crippen molar-refractivity contribution in [2.45, 2.75) is 69.5 Å². The summed E-state index contributed by atoms with van der Waals surface area (Å²) in [6, 6.07) is 0. The van der Waals surface area contributed by atoms with Gasteiger partial charge in [0.1, 0.15) is 13.6 Å². The van der Waals surface area contributed by atoms with Crippen molar-refractivity contribution in [3.05, 3.63) is 0 Å². The van der Waals surface area contributed by atoms with Gasteiger partial charge in [-0.25, -0.2) is 0 Å². The number of hydrogen-bond acceptors (Lipinski definition) is 7. The Bertz CT molecular complexity index is 351. The maximum atomic E-state index is 10.9. The van der Waals surface area contributed by atoms with Crippen molar-refractivity contribution >= 4 is 5.97 Å². The Balaban J connectivity index is 2.54. The number of rotatable bonds is 12. The Labute approximate surface area is 143 Å². The molecule has 0 bridgehead atoms. The van der Waals surface area contributed by atoms with Gasteiger partial charge in [0, 0.05) is 27.1 Å². The highest BCUT2D eigenvalue weighted by atomic mass is 16.7. The Kier molecular flexibility index (Phi) is 10.4. The molecule has 8 heteroatoms. The summed E-state index contributed by atoms with van der Waals surface area (Å²) < 4.78 is 26.8. The van der Waals surface area contributed by atoms with Gasteiger partial charge in [0.2, 0.25) is 0 Å². The summed E-state index contributed by atoms with van der Waals surface area (Å²) in [7, 11) is 3.11. The van der Waals surface area contributed by atoms with E-state index in [1.54, 1.807) is 14.2 Å². The van der Waals surface area contributed by atoms with E-state index in [9.17, 15) is 9.90 Å². The first-order chi connectivity index (χ1) is 11.4. The van der Waals surface area contributed by atoms with Crippen LogP contribution in [0.3, 0.4) is 0 Å². The first-order valence-corrected chi connectivity index (χ1v) is 8.21. The third-order valence-corrected chi connectivity index (χ3v) is 3.87. The fourth-order valence-corrected chi connectivity index (χ4v) is 2.88. The van der Waals surface area contributed by atoms with E-state index in [-0.39, 0.29) is 38.3 Å². The lowest BCUT2D eigenvalue weighted by Crippen LogP contribution is -2.39. The van der Waals surface area contributed by atoms with Crippen LogP contribution in [0.4, 0.5) is 0 Å². The number of aliphatic hydroxyl groups excluding tert-OH is 1. The Hall–Kier alpha value is -0.770. The minimum atomic E-state index is -0.929. The van der Waals surface area contributed by atoms with Crippen LogP contribution in [0.15, 0.2) is 0 Å². The molecule has 1 rings (SSSR count). The van der Waals surface area contributed by atoms with E-state index in [2.05, 4.69) is 0 Å². The van der Waals surface area contributed by atoms with Gasteiger partial charge < -0.3 is 33.9 Å². The minimum Gasteiger partial charge on any atom is -0.481 e. The second-order valence-electron chi connectivity index (χ2n) is 6.15. The van der Waals surface area contributed by atoms with Crippen molar-refractivity contribution in [3.63, 3.8) is 0 Å². The lowest BCUT2D eigenvalue weighted by atomic mass is 9.94. The molecule has 1 heterocycles. The van der Waals surface area contributed by atoms with Crippen LogP contribution >= 0.6 is 0 Å². The van der Waals surface area contributed by atoms with E-state index >= 15 is 0 Å². The van der Waals surface area contributed by atoms with Gasteiger partial charge in [-0.05, 0) is 19.8 Å². The zero-order valence-electron chi connectivity index (χ0n) is 14.7. The molecule has 2 N–H and O–H groups in total. The largest absolute Gasteiger partial charge is 0.481 e. The average molecular weight is 350 g/mol. The molecule has 0 aromatic heterocycles. The zero-order valence-corrected chi connectivity index (χ0v) is 14.7. The quantitative estimate of drug-likeness (QED) is 0.505. The van der Waals surface area contributed by atoms with Crippen molar-refractivity contribution in [2.75, 3.05) is 27.8 Å². The number of carboxylic acid groups (broad SMARTS) is 1. The van der Waals surface area contributed by atoms with Gasteiger partial charge in [-0.3, -0.25) is 4.79 Å². The van der Waals surface area contributed by atoms with Crippen molar-refractivity contribution in [1.29, 1.82) is 0 Å². The third kappa shape index (κ3) is 8.91. The Morgan fingerprint density at radius 2 is 1.79 bits per heavy atom. The Morgan fingerprint density at radius 3 is 2.42 bits per heavy atom. The van der Waals surface area contributed by atoms with Crippen molar-refractivity contribution in [1.82, 2.24) is 0 Å². The summed E-state index contributed by atoms with van der Waals surface area (Å²) >= 11 is 0. The molecule has 142 valence electrons.